The summed E-state index contributed by atoms with van der Waals surface area (Å²) < 4.78 is 67.5. The van der Waals surface area contributed by atoms with Crippen LogP contribution in [0.1, 0.15) is 5.56 Å². The highest BCUT2D eigenvalue weighted by molar-refractivity contribution is 7.11. The number of hydrogen-bond acceptors (Lipinski definition) is 7. The molecule has 2 atom stereocenters. The normalized spacial score (nSPS) is 22.3. The molecule has 0 N–H and O–H groups in total. The van der Waals surface area contributed by atoms with E-state index in [4.69, 9.17) is 9.47 Å². The summed E-state index contributed by atoms with van der Waals surface area (Å²) in [5.74, 6) is 0.350. The fourth-order valence-electron chi connectivity index (χ4n) is 5.87. The molecule has 0 radical (unpaired) electrons. The Kier molecular flexibility index (Phi) is 7.80. The van der Waals surface area contributed by atoms with Crippen molar-refractivity contribution in [1.82, 2.24) is 4.90 Å². The molecule has 12 heteroatoms. The van der Waals surface area contributed by atoms with Crippen LogP contribution < -0.4 is 19.3 Å². The third-order valence-corrected chi connectivity index (χ3v) is 8.65. The summed E-state index contributed by atoms with van der Waals surface area (Å²) in [5, 5.41) is 2.29. The summed E-state index contributed by atoms with van der Waals surface area (Å²) in [6, 6.07) is 14.3. The van der Waals surface area contributed by atoms with Gasteiger partial charge in [0.1, 0.15) is 11.6 Å². The molecule has 1 saturated carbocycles. The number of anilines is 2. The predicted molar refractivity (Wildman–Crippen MR) is 146 cm³/mol. The summed E-state index contributed by atoms with van der Waals surface area (Å²) in [5.41, 5.74) is 1.83. The molecule has 3 fully saturated rings. The van der Waals surface area contributed by atoms with Gasteiger partial charge in [-0.3, -0.25) is 9.80 Å². The van der Waals surface area contributed by atoms with Gasteiger partial charge in [0, 0.05) is 39.3 Å². The number of alkyl halides is 3. The van der Waals surface area contributed by atoms with Crippen molar-refractivity contribution in [3.63, 3.8) is 0 Å². The number of carbonyl (C=O) groups is 1. The van der Waals surface area contributed by atoms with Crippen molar-refractivity contribution >= 4 is 28.8 Å². The molecule has 1 amide bonds. The molecule has 2 aromatic carbocycles. The van der Waals surface area contributed by atoms with Crippen LogP contribution in [0.15, 0.2) is 60.0 Å². The van der Waals surface area contributed by atoms with Crippen LogP contribution in [0.5, 0.6) is 10.8 Å². The zero-order chi connectivity index (χ0) is 28.6. The highest BCUT2D eigenvalue weighted by Gasteiger charge is 2.56. The van der Waals surface area contributed by atoms with Crippen molar-refractivity contribution in [2.75, 3.05) is 55.7 Å². The molecular formula is C29H29F4N3O4S. The number of carbonyl (C=O) groups excluding carboxylic acids is 1. The molecule has 3 heterocycles. The van der Waals surface area contributed by atoms with E-state index in [0.717, 1.165) is 18.7 Å². The monoisotopic (exact) mass is 591 g/mol. The first kappa shape index (κ1) is 27.8. The minimum absolute atomic E-state index is 0.241. The Morgan fingerprint density at radius 2 is 1.78 bits per heavy atom. The van der Waals surface area contributed by atoms with E-state index < -0.39 is 18.3 Å². The molecule has 1 aliphatic carbocycles. The van der Waals surface area contributed by atoms with Gasteiger partial charge in [0.2, 0.25) is 0 Å². The van der Waals surface area contributed by atoms with Gasteiger partial charge >= 0.3 is 12.5 Å². The van der Waals surface area contributed by atoms with E-state index in [9.17, 15) is 18.0 Å². The van der Waals surface area contributed by atoms with E-state index in [2.05, 4.69) is 9.64 Å². The van der Waals surface area contributed by atoms with Gasteiger partial charge in [-0.2, -0.15) is 0 Å². The van der Waals surface area contributed by atoms with Gasteiger partial charge < -0.3 is 19.1 Å². The number of benzene rings is 2. The fraction of sp³-hybridized carbons (Fsp3) is 0.414. The number of morpholine rings is 1. The molecule has 3 aromatic rings. The lowest BCUT2D eigenvalue weighted by atomic mass is 10.1. The second kappa shape index (κ2) is 11.5. The molecule has 2 unspecified atom stereocenters. The largest absolute Gasteiger partial charge is 0.573 e. The second-order valence-electron chi connectivity index (χ2n) is 10.5. The Morgan fingerprint density at radius 1 is 1.05 bits per heavy atom. The average Bonchev–Trinajstić information content (AvgIpc) is 3.28. The van der Waals surface area contributed by atoms with E-state index >= 15 is 4.39 Å². The van der Waals surface area contributed by atoms with Crippen LogP contribution in [0, 0.1) is 23.6 Å². The number of thiophene rings is 1. The number of amides is 1. The van der Waals surface area contributed by atoms with Crippen molar-refractivity contribution in [3.05, 3.63) is 71.4 Å². The first-order valence-corrected chi connectivity index (χ1v) is 14.3. The van der Waals surface area contributed by atoms with Crippen LogP contribution in [0.2, 0.25) is 0 Å². The van der Waals surface area contributed by atoms with Crippen molar-refractivity contribution < 1.29 is 36.6 Å². The highest BCUT2D eigenvalue weighted by Crippen LogP contribution is 2.52. The van der Waals surface area contributed by atoms with Crippen LogP contribution in [0.25, 0.3) is 0 Å². The lowest BCUT2D eigenvalue weighted by Gasteiger charge is -2.30. The van der Waals surface area contributed by atoms with Gasteiger partial charge in [-0.25, -0.2) is 9.18 Å². The first-order valence-electron chi connectivity index (χ1n) is 13.5. The Balaban J connectivity index is 1.10. The van der Waals surface area contributed by atoms with E-state index in [1.165, 1.54) is 34.4 Å². The zero-order valence-electron chi connectivity index (χ0n) is 22.1. The highest BCUT2D eigenvalue weighted by atomic mass is 32.1. The number of likely N-dealkylation sites (tertiary alicyclic amines) is 1. The maximum Gasteiger partial charge on any atom is 0.573 e. The van der Waals surface area contributed by atoms with Gasteiger partial charge in [-0.15, -0.1) is 24.5 Å². The Bertz CT molecular complexity index is 1340. The summed E-state index contributed by atoms with van der Waals surface area (Å²) in [7, 11) is 0. The number of hydrogen-bond donors (Lipinski definition) is 0. The second-order valence-corrected chi connectivity index (χ2v) is 11.4. The number of nitrogens with zero attached hydrogens (tertiary/aromatic N) is 3. The average molecular weight is 592 g/mol. The van der Waals surface area contributed by atoms with Crippen LogP contribution in [0.3, 0.4) is 0 Å². The molecule has 7 nitrogen and oxygen atoms in total. The Morgan fingerprint density at radius 3 is 2.41 bits per heavy atom. The van der Waals surface area contributed by atoms with Crippen LogP contribution in [-0.4, -0.2) is 63.3 Å². The van der Waals surface area contributed by atoms with E-state index in [1.807, 2.05) is 10.3 Å². The van der Waals surface area contributed by atoms with Gasteiger partial charge in [0.15, 0.2) is 5.06 Å². The summed E-state index contributed by atoms with van der Waals surface area (Å²) in [4.78, 5) is 19.0. The molecule has 218 valence electrons. The van der Waals surface area contributed by atoms with E-state index in [0.29, 0.717) is 67.7 Å². The van der Waals surface area contributed by atoms with Crippen molar-refractivity contribution in [1.29, 1.82) is 0 Å². The first-order chi connectivity index (χ1) is 19.7. The molecule has 2 saturated heterocycles. The van der Waals surface area contributed by atoms with E-state index in [1.54, 1.807) is 36.4 Å². The Hall–Kier alpha value is -3.35. The number of fused-ring (bicyclic) bond motifs is 1. The third-order valence-electron chi connectivity index (χ3n) is 7.90. The van der Waals surface area contributed by atoms with Gasteiger partial charge in [-0.05, 0) is 71.2 Å². The number of halogens is 4. The van der Waals surface area contributed by atoms with Crippen molar-refractivity contribution in [2.24, 2.45) is 17.8 Å². The third kappa shape index (κ3) is 6.60. The number of ether oxygens (including phenoxy) is 3. The minimum Gasteiger partial charge on any atom is -0.406 e. The maximum atomic E-state index is 15.3. The van der Waals surface area contributed by atoms with E-state index in [-0.39, 0.29) is 11.7 Å². The SMILES string of the molecule is O=C(Oc1cccs1)N(CC1C2CN(Cc3ccc(OC(F)(F)F)cc3)CC21)c1ccc(N2CCOCC2)c(F)c1. The maximum absolute atomic E-state index is 15.3. The standard InChI is InChI=1S/C29H29F4N3O4S/c30-25-14-20(5-8-26(25)35-9-11-38-12-10-35)36(28(37)39-27-2-1-13-41-27)18-24-22-16-34(17-23(22)24)15-19-3-6-21(7-4-19)40-29(31,32)33/h1-8,13-14,22-24H,9-12,15-18H2. The zero-order valence-corrected chi connectivity index (χ0v) is 22.9. The molecule has 0 bridgehead atoms. The van der Waals surface area contributed by atoms with Crippen LogP contribution in [-0.2, 0) is 11.3 Å². The lowest BCUT2D eigenvalue weighted by molar-refractivity contribution is -0.274. The number of rotatable bonds is 8. The molecule has 2 aliphatic heterocycles. The van der Waals surface area contributed by atoms with Crippen LogP contribution in [0.4, 0.5) is 33.7 Å². The quantitative estimate of drug-likeness (QED) is 0.300. The van der Waals surface area contributed by atoms with Gasteiger partial charge in [0.25, 0.3) is 0 Å². The fourth-order valence-corrected chi connectivity index (χ4v) is 6.44. The topological polar surface area (TPSA) is 54.5 Å². The van der Waals surface area contributed by atoms with Gasteiger partial charge in [0.05, 0.1) is 24.6 Å². The lowest BCUT2D eigenvalue weighted by Crippen LogP contribution is -2.38. The Labute approximate surface area is 238 Å². The molecular weight excluding hydrogens is 562 g/mol. The minimum atomic E-state index is -4.71. The smallest absolute Gasteiger partial charge is 0.406 e. The van der Waals surface area contributed by atoms with Crippen molar-refractivity contribution in [3.8, 4) is 10.8 Å². The molecule has 1 aromatic heterocycles. The van der Waals surface area contributed by atoms with Crippen molar-refractivity contribution in [2.45, 2.75) is 12.9 Å². The van der Waals surface area contributed by atoms with Gasteiger partial charge in [-0.1, -0.05) is 12.1 Å². The predicted octanol–water partition coefficient (Wildman–Crippen LogP) is 6.01. The summed E-state index contributed by atoms with van der Waals surface area (Å²) >= 11 is 1.31. The summed E-state index contributed by atoms with van der Waals surface area (Å²) in [6.45, 7) is 4.95. The summed E-state index contributed by atoms with van der Waals surface area (Å²) in [6.07, 6.45) is -5.26. The molecule has 0 spiro atoms. The molecule has 6 rings (SSSR count). The molecule has 41 heavy (non-hydrogen) atoms. The molecule has 3 aliphatic rings. The number of piperidine rings is 1. The van der Waals surface area contributed by atoms with Crippen LogP contribution >= 0.6 is 11.3 Å².